The molecule has 1 saturated heterocycles. The van der Waals surface area contributed by atoms with Gasteiger partial charge in [-0.1, -0.05) is 12.1 Å². The smallest absolute Gasteiger partial charge is 0.293 e. The lowest BCUT2D eigenvalue weighted by Gasteiger charge is -2.26. The van der Waals surface area contributed by atoms with E-state index in [2.05, 4.69) is 5.32 Å². The first-order chi connectivity index (χ1) is 13.9. The van der Waals surface area contributed by atoms with Crippen LogP contribution < -0.4 is 10.1 Å². The molecule has 0 amide bonds. The zero-order valence-electron chi connectivity index (χ0n) is 16.0. The molecule has 1 aliphatic heterocycles. The minimum atomic E-state index is -3.80. The van der Waals surface area contributed by atoms with Crippen LogP contribution in [0, 0.1) is 10.1 Å². The highest BCUT2D eigenvalue weighted by atomic mass is 32.2. The number of hydrogen-bond acceptors (Lipinski definition) is 7. The quantitative estimate of drug-likeness (QED) is 0.514. The number of nitrogens with zero attached hydrogens (tertiary/aromatic N) is 2. The van der Waals surface area contributed by atoms with Gasteiger partial charge in [0.2, 0.25) is 10.0 Å². The highest BCUT2D eigenvalue weighted by Gasteiger charge is 2.28. The van der Waals surface area contributed by atoms with Crippen molar-refractivity contribution in [3.63, 3.8) is 0 Å². The molecule has 1 aliphatic rings. The van der Waals surface area contributed by atoms with Crippen LogP contribution in [0.25, 0.3) is 0 Å². The van der Waals surface area contributed by atoms with E-state index in [1.165, 1.54) is 16.4 Å². The molecular formula is C19H23N3O6S. The molecule has 0 bridgehead atoms. The molecule has 3 rings (SSSR count). The van der Waals surface area contributed by atoms with Gasteiger partial charge in [-0.15, -0.1) is 0 Å². The van der Waals surface area contributed by atoms with Crippen LogP contribution in [-0.2, 0) is 21.2 Å². The molecule has 156 valence electrons. The van der Waals surface area contributed by atoms with Crippen LogP contribution in [-0.4, -0.2) is 57.6 Å². The van der Waals surface area contributed by atoms with Crippen molar-refractivity contribution in [1.29, 1.82) is 0 Å². The van der Waals surface area contributed by atoms with Gasteiger partial charge in [0.1, 0.15) is 11.4 Å². The lowest BCUT2D eigenvalue weighted by Crippen LogP contribution is -2.40. The molecule has 0 spiro atoms. The molecule has 0 unspecified atom stereocenters. The lowest BCUT2D eigenvalue weighted by atomic mass is 10.1. The molecule has 0 radical (unpaired) electrons. The first kappa shape index (κ1) is 21.0. The Hall–Kier alpha value is -2.69. The summed E-state index contributed by atoms with van der Waals surface area (Å²) in [5.41, 5.74) is 1.06. The first-order valence-electron chi connectivity index (χ1n) is 9.15. The van der Waals surface area contributed by atoms with Gasteiger partial charge in [0.05, 0.1) is 30.1 Å². The fraction of sp³-hybridized carbons (Fsp3) is 0.368. The van der Waals surface area contributed by atoms with Gasteiger partial charge < -0.3 is 14.8 Å². The Morgan fingerprint density at radius 3 is 2.48 bits per heavy atom. The minimum Gasteiger partial charge on any atom is -0.497 e. The Morgan fingerprint density at radius 2 is 1.86 bits per heavy atom. The van der Waals surface area contributed by atoms with E-state index in [-0.39, 0.29) is 29.4 Å². The van der Waals surface area contributed by atoms with Crippen molar-refractivity contribution in [2.24, 2.45) is 0 Å². The molecule has 1 N–H and O–H groups in total. The van der Waals surface area contributed by atoms with Gasteiger partial charge >= 0.3 is 0 Å². The van der Waals surface area contributed by atoms with Gasteiger partial charge in [-0.05, 0) is 36.2 Å². The van der Waals surface area contributed by atoms with Crippen molar-refractivity contribution in [3.8, 4) is 5.75 Å². The molecule has 9 nitrogen and oxygen atoms in total. The van der Waals surface area contributed by atoms with E-state index in [1.807, 2.05) is 24.3 Å². The van der Waals surface area contributed by atoms with Gasteiger partial charge in [0.15, 0.2) is 0 Å². The second kappa shape index (κ2) is 9.21. The molecule has 0 aliphatic carbocycles. The Balaban J connectivity index is 1.73. The number of morpholine rings is 1. The minimum absolute atomic E-state index is 0.0909. The van der Waals surface area contributed by atoms with Gasteiger partial charge in [0.25, 0.3) is 5.69 Å². The van der Waals surface area contributed by atoms with Crippen LogP contribution in [0.1, 0.15) is 5.56 Å². The van der Waals surface area contributed by atoms with E-state index in [4.69, 9.17) is 9.47 Å². The Kier molecular flexibility index (Phi) is 6.68. The highest BCUT2D eigenvalue weighted by Crippen LogP contribution is 2.29. The summed E-state index contributed by atoms with van der Waals surface area (Å²) in [5, 5.41) is 14.5. The number of nitro benzene ring substituents is 1. The summed E-state index contributed by atoms with van der Waals surface area (Å²) >= 11 is 0. The third-order valence-corrected chi connectivity index (χ3v) is 6.56. The monoisotopic (exact) mass is 421 g/mol. The number of nitro groups is 1. The van der Waals surface area contributed by atoms with Gasteiger partial charge in [-0.3, -0.25) is 10.1 Å². The van der Waals surface area contributed by atoms with Crippen LogP contribution in [0.3, 0.4) is 0 Å². The number of sulfonamides is 1. The molecule has 0 saturated carbocycles. The average Bonchev–Trinajstić information content (AvgIpc) is 2.74. The third kappa shape index (κ3) is 5.03. The van der Waals surface area contributed by atoms with E-state index >= 15 is 0 Å². The molecule has 0 aromatic heterocycles. The lowest BCUT2D eigenvalue weighted by molar-refractivity contribution is -0.384. The van der Waals surface area contributed by atoms with Crippen molar-refractivity contribution in [2.45, 2.75) is 11.3 Å². The second-order valence-electron chi connectivity index (χ2n) is 6.48. The summed E-state index contributed by atoms with van der Waals surface area (Å²) in [5.74, 6) is 0.759. The van der Waals surface area contributed by atoms with Crippen LogP contribution in [0.15, 0.2) is 47.4 Å². The summed E-state index contributed by atoms with van der Waals surface area (Å²) < 4.78 is 37.1. The van der Waals surface area contributed by atoms with Gasteiger partial charge in [-0.2, -0.15) is 4.31 Å². The maximum absolute atomic E-state index is 12.7. The van der Waals surface area contributed by atoms with E-state index in [0.717, 1.165) is 17.4 Å². The maximum Gasteiger partial charge on any atom is 0.293 e. The zero-order chi connectivity index (χ0) is 20.9. The average molecular weight is 421 g/mol. The Labute approximate surface area is 169 Å². The normalized spacial score (nSPS) is 15.1. The largest absolute Gasteiger partial charge is 0.497 e. The fourth-order valence-corrected chi connectivity index (χ4v) is 4.47. The summed E-state index contributed by atoms with van der Waals surface area (Å²) in [6, 6.07) is 11.5. The molecular weight excluding hydrogens is 398 g/mol. The van der Waals surface area contributed by atoms with Crippen molar-refractivity contribution < 1.29 is 22.8 Å². The predicted molar refractivity (Wildman–Crippen MR) is 108 cm³/mol. The third-order valence-electron chi connectivity index (χ3n) is 4.66. The molecule has 10 heteroatoms. The van der Waals surface area contributed by atoms with Crippen LogP contribution in [0.4, 0.5) is 11.4 Å². The SMILES string of the molecule is COc1ccc(CCNc2ccc(S(=O)(=O)N3CCOCC3)cc2[N+](=O)[O-])cc1. The van der Waals surface area contributed by atoms with Gasteiger partial charge in [-0.25, -0.2) is 8.42 Å². The fourth-order valence-electron chi connectivity index (χ4n) is 3.04. The second-order valence-corrected chi connectivity index (χ2v) is 8.42. The number of hydrogen-bond donors (Lipinski definition) is 1. The number of ether oxygens (including phenoxy) is 2. The number of anilines is 1. The number of methoxy groups -OCH3 is 1. The van der Waals surface area contributed by atoms with Crippen molar-refractivity contribution in [1.82, 2.24) is 4.31 Å². The summed E-state index contributed by atoms with van der Waals surface area (Å²) in [4.78, 5) is 10.8. The van der Waals surface area contributed by atoms with E-state index in [9.17, 15) is 18.5 Å². The molecule has 29 heavy (non-hydrogen) atoms. The van der Waals surface area contributed by atoms with Crippen LogP contribution in [0.5, 0.6) is 5.75 Å². The predicted octanol–water partition coefficient (Wildman–Crippen LogP) is 2.28. The molecule has 2 aromatic rings. The van der Waals surface area contributed by atoms with E-state index in [0.29, 0.717) is 26.2 Å². The number of benzene rings is 2. The topological polar surface area (TPSA) is 111 Å². The zero-order valence-corrected chi connectivity index (χ0v) is 16.9. The first-order valence-corrected chi connectivity index (χ1v) is 10.6. The Morgan fingerprint density at radius 1 is 1.17 bits per heavy atom. The van der Waals surface area contributed by atoms with E-state index < -0.39 is 14.9 Å². The Bertz CT molecular complexity index is 956. The van der Waals surface area contributed by atoms with Crippen LogP contribution >= 0.6 is 0 Å². The van der Waals surface area contributed by atoms with Crippen molar-refractivity contribution >= 4 is 21.4 Å². The van der Waals surface area contributed by atoms with Crippen LogP contribution in [0.2, 0.25) is 0 Å². The molecule has 1 fully saturated rings. The molecule has 1 heterocycles. The summed E-state index contributed by atoms with van der Waals surface area (Å²) in [6.45, 7) is 1.55. The standard InChI is InChI=1S/C19H23N3O6S/c1-27-16-4-2-15(3-5-16)8-9-20-18-7-6-17(14-19(18)22(23)24)29(25,26)21-10-12-28-13-11-21/h2-7,14,20H,8-13H2,1H3. The van der Waals surface area contributed by atoms with Crippen molar-refractivity contribution in [2.75, 3.05) is 45.3 Å². The van der Waals surface area contributed by atoms with Crippen molar-refractivity contribution in [3.05, 3.63) is 58.1 Å². The number of nitrogens with one attached hydrogen (secondary N) is 1. The highest BCUT2D eigenvalue weighted by molar-refractivity contribution is 7.89. The molecule has 0 atom stereocenters. The summed E-state index contributed by atoms with van der Waals surface area (Å²) in [6.07, 6.45) is 0.648. The summed E-state index contributed by atoms with van der Waals surface area (Å²) in [7, 11) is -2.20. The van der Waals surface area contributed by atoms with E-state index in [1.54, 1.807) is 7.11 Å². The molecule has 2 aromatic carbocycles. The maximum atomic E-state index is 12.7. The number of rotatable bonds is 8. The van der Waals surface area contributed by atoms with Gasteiger partial charge in [0, 0.05) is 25.7 Å².